The highest BCUT2D eigenvalue weighted by molar-refractivity contribution is 7.92. The van der Waals surface area contributed by atoms with Crippen LogP contribution >= 0.6 is 0 Å². The molecule has 0 saturated heterocycles. The van der Waals surface area contributed by atoms with Crippen molar-refractivity contribution in [1.29, 1.82) is 0 Å². The predicted molar refractivity (Wildman–Crippen MR) is 110 cm³/mol. The van der Waals surface area contributed by atoms with Crippen molar-refractivity contribution >= 4 is 21.6 Å². The number of hydrogen-bond acceptors (Lipinski definition) is 4. The molecule has 0 radical (unpaired) electrons. The Labute approximate surface area is 166 Å². The Kier molecular flexibility index (Phi) is 5.65. The molecule has 1 unspecified atom stereocenters. The van der Waals surface area contributed by atoms with Gasteiger partial charge in [0.1, 0.15) is 5.75 Å². The zero-order chi connectivity index (χ0) is 20.5. The number of anilines is 1. The third-order valence-corrected chi connectivity index (χ3v) is 6.11. The van der Waals surface area contributed by atoms with E-state index in [9.17, 15) is 13.2 Å². The number of ether oxygens (including phenoxy) is 1. The van der Waals surface area contributed by atoms with Crippen LogP contribution in [0.3, 0.4) is 0 Å². The Hall–Kier alpha value is -2.54. The first kappa shape index (κ1) is 20.2. The molecule has 1 aliphatic rings. The molecule has 1 heterocycles. The van der Waals surface area contributed by atoms with Crippen LogP contribution in [-0.4, -0.2) is 45.2 Å². The zero-order valence-electron chi connectivity index (χ0n) is 16.7. The van der Waals surface area contributed by atoms with Gasteiger partial charge in [0.2, 0.25) is 10.0 Å². The third kappa shape index (κ3) is 4.14. The summed E-state index contributed by atoms with van der Waals surface area (Å²) in [6.45, 7) is 4.91. The Morgan fingerprint density at radius 2 is 1.89 bits per heavy atom. The maximum Gasteiger partial charge on any atom is 0.253 e. The lowest BCUT2D eigenvalue weighted by Crippen LogP contribution is -2.34. The summed E-state index contributed by atoms with van der Waals surface area (Å²) in [4.78, 5) is 14.5. The summed E-state index contributed by atoms with van der Waals surface area (Å²) in [5.74, 6) is 0.713. The average Bonchev–Trinajstić information content (AvgIpc) is 2.97. The Morgan fingerprint density at radius 1 is 1.21 bits per heavy atom. The maximum absolute atomic E-state index is 12.8. The van der Waals surface area contributed by atoms with Gasteiger partial charge >= 0.3 is 0 Å². The molecule has 150 valence electrons. The number of benzene rings is 2. The van der Waals surface area contributed by atoms with Crippen LogP contribution < -0.4 is 9.04 Å². The van der Waals surface area contributed by atoms with E-state index in [0.29, 0.717) is 30.8 Å². The van der Waals surface area contributed by atoms with Crippen LogP contribution in [0, 0.1) is 0 Å². The second-order valence-corrected chi connectivity index (χ2v) is 9.05. The van der Waals surface area contributed by atoms with Gasteiger partial charge in [0.25, 0.3) is 5.91 Å². The Morgan fingerprint density at radius 3 is 2.50 bits per heavy atom. The number of sulfonamides is 1. The van der Waals surface area contributed by atoms with E-state index in [1.54, 1.807) is 24.1 Å². The van der Waals surface area contributed by atoms with Crippen molar-refractivity contribution in [2.45, 2.75) is 32.9 Å². The second-order valence-electron chi connectivity index (χ2n) is 7.19. The van der Waals surface area contributed by atoms with E-state index in [0.717, 1.165) is 16.9 Å². The van der Waals surface area contributed by atoms with E-state index in [4.69, 9.17) is 4.74 Å². The third-order valence-electron chi connectivity index (χ3n) is 4.84. The lowest BCUT2D eigenvalue weighted by atomic mass is 10.1. The average molecular weight is 403 g/mol. The van der Waals surface area contributed by atoms with Gasteiger partial charge in [0.05, 0.1) is 18.6 Å². The zero-order valence-corrected chi connectivity index (χ0v) is 17.5. The number of carbonyl (C=O) groups is 1. The van der Waals surface area contributed by atoms with E-state index >= 15 is 0 Å². The van der Waals surface area contributed by atoms with Crippen LogP contribution in [-0.2, 0) is 23.0 Å². The van der Waals surface area contributed by atoms with Gasteiger partial charge in [0.15, 0.2) is 0 Å². The number of hydrogen-bond donors (Lipinski definition) is 0. The summed E-state index contributed by atoms with van der Waals surface area (Å²) in [6, 6.07) is 12.8. The number of amides is 1. The van der Waals surface area contributed by atoms with Crippen molar-refractivity contribution in [2.24, 2.45) is 0 Å². The van der Waals surface area contributed by atoms with Crippen LogP contribution in [0.1, 0.15) is 35.3 Å². The molecule has 0 N–H and O–H groups in total. The minimum absolute atomic E-state index is 0.0952. The highest BCUT2D eigenvalue weighted by Gasteiger charge is 2.33. The van der Waals surface area contributed by atoms with Gasteiger partial charge in [-0.1, -0.05) is 12.1 Å². The van der Waals surface area contributed by atoms with Crippen LogP contribution in [0.4, 0.5) is 5.69 Å². The highest BCUT2D eigenvalue weighted by Crippen LogP contribution is 2.34. The molecule has 0 fully saturated rings. The summed E-state index contributed by atoms with van der Waals surface area (Å²) in [5.41, 5.74) is 3.13. The molecule has 0 bridgehead atoms. The summed E-state index contributed by atoms with van der Waals surface area (Å²) >= 11 is 0. The van der Waals surface area contributed by atoms with E-state index in [1.807, 2.05) is 44.2 Å². The number of rotatable bonds is 6. The molecule has 1 atom stereocenters. The van der Waals surface area contributed by atoms with E-state index in [2.05, 4.69) is 0 Å². The van der Waals surface area contributed by atoms with Crippen molar-refractivity contribution < 1.29 is 17.9 Å². The van der Waals surface area contributed by atoms with Crippen LogP contribution in [0.2, 0.25) is 0 Å². The first-order valence-corrected chi connectivity index (χ1v) is 11.1. The molecular formula is C21H26N2O4S. The number of carbonyl (C=O) groups excluding carboxylic acids is 1. The van der Waals surface area contributed by atoms with Gasteiger partial charge < -0.3 is 9.64 Å². The fourth-order valence-corrected chi connectivity index (χ4v) is 4.93. The fraction of sp³-hybridized carbons (Fsp3) is 0.381. The van der Waals surface area contributed by atoms with Gasteiger partial charge in [-0.25, -0.2) is 8.42 Å². The fourth-order valence-electron chi connectivity index (χ4n) is 3.66. The standard InChI is InChI=1S/C21H26N2O4S/c1-5-27-19-9-6-16(7-10-19)14-22(3)21(24)17-8-11-20-18(13-17)12-15(2)23(20)28(4,25)26/h6-11,13,15H,5,12,14H2,1-4H3. The second kappa shape index (κ2) is 7.83. The van der Waals surface area contributed by atoms with Crippen molar-refractivity contribution in [3.8, 4) is 5.75 Å². The highest BCUT2D eigenvalue weighted by atomic mass is 32.2. The lowest BCUT2D eigenvalue weighted by Gasteiger charge is -2.22. The quantitative estimate of drug-likeness (QED) is 0.745. The normalized spacial score (nSPS) is 16.0. The molecule has 2 aromatic rings. The van der Waals surface area contributed by atoms with Crippen LogP contribution in [0.15, 0.2) is 42.5 Å². The molecule has 6 nitrogen and oxygen atoms in total. The summed E-state index contributed by atoms with van der Waals surface area (Å²) in [5, 5.41) is 0. The van der Waals surface area contributed by atoms with E-state index < -0.39 is 10.0 Å². The van der Waals surface area contributed by atoms with Crippen molar-refractivity contribution in [2.75, 3.05) is 24.2 Å². The minimum Gasteiger partial charge on any atom is -0.494 e. The van der Waals surface area contributed by atoms with Gasteiger partial charge in [-0.15, -0.1) is 0 Å². The van der Waals surface area contributed by atoms with Crippen molar-refractivity contribution in [3.05, 3.63) is 59.2 Å². The van der Waals surface area contributed by atoms with Gasteiger partial charge in [-0.2, -0.15) is 0 Å². The first-order chi connectivity index (χ1) is 13.2. The molecule has 0 aromatic heterocycles. The first-order valence-electron chi connectivity index (χ1n) is 9.30. The van der Waals surface area contributed by atoms with Gasteiger partial charge in [0, 0.05) is 25.2 Å². The van der Waals surface area contributed by atoms with E-state index in [1.165, 1.54) is 10.6 Å². The SMILES string of the molecule is CCOc1ccc(CN(C)C(=O)c2ccc3c(c2)CC(C)N3S(C)(=O)=O)cc1. The molecule has 1 amide bonds. The molecule has 0 saturated carbocycles. The largest absolute Gasteiger partial charge is 0.494 e. The van der Waals surface area contributed by atoms with Crippen LogP contribution in [0.5, 0.6) is 5.75 Å². The van der Waals surface area contributed by atoms with Crippen LogP contribution in [0.25, 0.3) is 0 Å². The summed E-state index contributed by atoms with van der Waals surface area (Å²) in [7, 11) is -1.57. The molecule has 28 heavy (non-hydrogen) atoms. The van der Waals surface area contributed by atoms with Gasteiger partial charge in [-0.05, 0) is 61.7 Å². The molecule has 2 aromatic carbocycles. The van der Waals surface area contributed by atoms with Crippen molar-refractivity contribution in [1.82, 2.24) is 4.90 Å². The Balaban J connectivity index is 1.75. The number of fused-ring (bicyclic) bond motifs is 1. The predicted octanol–water partition coefficient (Wildman–Crippen LogP) is 3.07. The van der Waals surface area contributed by atoms with Crippen molar-refractivity contribution in [3.63, 3.8) is 0 Å². The molecule has 7 heteroatoms. The molecule has 0 aliphatic carbocycles. The summed E-state index contributed by atoms with van der Waals surface area (Å²) < 4.78 is 31.0. The molecule has 1 aliphatic heterocycles. The summed E-state index contributed by atoms with van der Waals surface area (Å²) in [6.07, 6.45) is 1.81. The smallest absolute Gasteiger partial charge is 0.253 e. The monoisotopic (exact) mass is 402 g/mol. The maximum atomic E-state index is 12.8. The van der Waals surface area contributed by atoms with E-state index in [-0.39, 0.29) is 11.9 Å². The minimum atomic E-state index is -3.34. The molecular weight excluding hydrogens is 376 g/mol. The molecule has 0 spiro atoms. The van der Waals surface area contributed by atoms with Gasteiger partial charge in [-0.3, -0.25) is 9.10 Å². The lowest BCUT2D eigenvalue weighted by molar-refractivity contribution is 0.0785. The topological polar surface area (TPSA) is 66.9 Å². The number of nitrogens with zero attached hydrogens (tertiary/aromatic N) is 2. The molecule has 3 rings (SSSR count). The Bertz CT molecular complexity index is 970.